The normalized spacial score (nSPS) is 25.8. The molecule has 1 aromatic rings. The van der Waals surface area contributed by atoms with Gasteiger partial charge >= 0.3 is 5.97 Å². The van der Waals surface area contributed by atoms with E-state index in [0.717, 1.165) is 31.4 Å². The van der Waals surface area contributed by atoms with E-state index in [4.69, 9.17) is 5.73 Å². The molecule has 3 aliphatic rings. The zero-order chi connectivity index (χ0) is 21.2. The number of hydrogen-bond donors (Lipinski definition) is 3. The van der Waals surface area contributed by atoms with Crippen LogP contribution in [-0.4, -0.2) is 24.9 Å². The summed E-state index contributed by atoms with van der Waals surface area (Å²) in [5.74, 6) is -1.36. The first-order valence-electron chi connectivity index (χ1n) is 9.69. The number of methoxy groups -OCH3 is 1. The van der Waals surface area contributed by atoms with Crippen molar-refractivity contribution in [2.75, 3.05) is 12.8 Å². The Bertz CT molecular complexity index is 893. The quantitative estimate of drug-likeness (QED) is 0.388. The Morgan fingerprint density at radius 3 is 2.17 bits per heavy atom. The summed E-state index contributed by atoms with van der Waals surface area (Å²) in [4.78, 5) is 37.1. The van der Waals surface area contributed by atoms with Crippen molar-refractivity contribution in [3.63, 3.8) is 0 Å². The fourth-order valence-corrected chi connectivity index (χ4v) is 4.59. The lowest BCUT2D eigenvalue weighted by atomic mass is 9.57. The van der Waals surface area contributed by atoms with Crippen LogP contribution in [0.5, 0.6) is 0 Å². The van der Waals surface area contributed by atoms with Gasteiger partial charge in [-0.1, -0.05) is 24.3 Å². The molecular formula is C22H27N3O4. The summed E-state index contributed by atoms with van der Waals surface area (Å²) < 4.78 is 4.63. The van der Waals surface area contributed by atoms with Crippen molar-refractivity contribution < 1.29 is 19.1 Å². The highest BCUT2D eigenvalue weighted by atomic mass is 16.5. The topological polar surface area (TPSA) is 111 Å². The number of hydrogen-bond acceptors (Lipinski definition) is 5. The molecule has 3 saturated carbocycles. The number of nitrogens with two attached hydrogens (primary N) is 1. The minimum absolute atomic E-state index is 0.0202. The number of benzene rings is 1. The number of carbonyl (C=O) groups excluding carboxylic acids is 3. The molecule has 4 N–H and O–H groups in total. The van der Waals surface area contributed by atoms with Crippen LogP contribution in [0.2, 0.25) is 0 Å². The highest BCUT2D eigenvalue weighted by Crippen LogP contribution is 2.67. The number of fused-ring (bicyclic) bond motifs is 1. The number of allylic oxidation sites excluding steroid dienone is 2. The van der Waals surface area contributed by atoms with Crippen LogP contribution in [0.25, 0.3) is 0 Å². The van der Waals surface area contributed by atoms with Crippen LogP contribution in [0.1, 0.15) is 45.1 Å². The Labute approximate surface area is 170 Å². The summed E-state index contributed by atoms with van der Waals surface area (Å²) >= 11 is 0. The Balaban J connectivity index is 1.65. The lowest BCUT2D eigenvalue weighted by molar-refractivity contribution is -0.137. The third kappa shape index (κ3) is 3.64. The van der Waals surface area contributed by atoms with E-state index in [-0.39, 0.29) is 22.7 Å². The minimum Gasteiger partial charge on any atom is -0.464 e. The first-order chi connectivity index (χ1) is 13.8. The lowest BCUT2D eigenvalue weighted by Crippen LogP contribution is -2.51. The molecular weight excluding hydrogens is 370 g/mol. The van der Waals surface area contributed by atoms with E-state index >= 15 is 0 Å². The van der Waals surface area contributed by atoms with Crippen LogP contribution in [0.15, 0.2) is 47.8 Å². The fourth-order valence-electron chi connectivity index (χ4n) is 4.59. The number of nitrogens with one attached hydrogen (secondary N) is 2. The van der Waals surface area contributed by atoms with E-state index in [9.17, 15) is 14.4 Å². The molecule has 0 unspecified atom stereocenters. The van der Waals surface area contributed by atoms with Gasteiger partial charge in [-0.15, -0.1) is 0 Å². The molecule has 0 atom stereocenters. The van der Waals surface area contributed by atoms with Gasteiger partial charge in [0.1, 0.15) is 11.4 Å². The maximum absolute atomic E-state index is 13.0. The van der Waals surface area contributed by atoms with Crippen molar-refractivity contribution in [3.05, 3.63) is 53.4 Å². The first-order valence-corrected chi connectivity index (χ1v) is 9.69. The van der Waals surface area contributed by atoms with Crippen molar-refractivity contribution in [2.24, 2.45) is 5.41 Å². The number of esters is 1. The molecule has 0 heterocycles. The highest BCUT2D eigenvalue weighted by Gasteiger charge is 2.64. The Hall–Kier alpha value is -3.09. The molecule has 2 amide bonds. The zero-order valence-corrected chi connectivity index (χ0v) is 17.0. The summed E-state index contributed by atoms with van der Waals surface area (Å²) in [5.41, 5.74) is 7.43. The van der Waals surface area contributed by atoms with Gasteiger partial charge in [0.2, 0.25) is 5.91 Å². The van der Waals surface area contributed by atoms with Crippen molar-refractivity contribution >= 4 is 23.5 Å². The predicted molar refractivity (Wildman–Crippen MR) is 109 cm³/mol. The standard InChI is InChI=1S/C22H27N3O4/c1-4-16(18(26)24-17(5-2)19(27)29-3)25-20(28)22-11-10-21(12-22,13-22)14-6-8-15(23)9-7-14/h4-9H,10-13,23H2,1-3H3,(H,24,26)(H,25,28)/b16-4-,17-5+. The van der Waals surface area contributed by atoms with Crippen LogP contribution in [-0.2, 0) is 24.5 Å². The molecule has 0 radical (unpaired) electrons. The number of anilines is 1. The molecule has 4 rings (SSSR count). The lowest BCUT2D eigenvalue weighted by Gasteiger charge is -2.46. The van der Waals surface area contributed by atoms with Crippen LogP contribution < -0.4 is 16.4 Å². The first kappa shape index (κ1) is 20.6. The average molecular weight is 397 g/mol. The molecule has 3 fully saturated rings. The van der Waals surface area contributed by atoms with Gasteiger partial charge in [-0.25, -0.2) is 4.79 Å². The van der Waals surface area contributed by atoms with Crippen LogP contribution >= 0.6 is 0 Å². The maximum Gasteiger partial charge on any atom is 0.354 e. The monoisotopic (exact) mass is 397 g/mol. The maximum atomic E-state index is 13.0. The molecule has 3 aliphatic carbocycles. The van der Waals surface area contributed by atoms with Gasteiger partial charge in [0.15, 0.2) is 0 Å². The van der Waals surface area contributed by atoms with Crippen LogP contribution in [0.4, 0.5) is 5.69 Å². The third-order valence-corrected chi connectivity index (χ3v) is 6.16. The Kier molecular flexibility index (Phi) is 5.50. The van der Waals surface area contributed by atoms with E-state index in [1.165, 1.54) is 24.8 Å². The smallest absolute Gasteiger partial charge is 0.354 e. The van der Waals surface area contributed by atoms with E-state index in [0.29, 0.717) is 0 Å². The van der Waals surface area contributed by atoms with Gasteiger partial charge in [0.25, 0.3) is 5.91 Å². The third-order valence-electron chi connectivity index (χ3n) is 6.16. The summed E-state index contributed by atoms with van der Waals surface area (Å²) in [6.07, 6.45) is 6.21. The molecule has 0 saturated heterocycles. The van der Waals surface area contributed by atoms with Gasteiger partial charge in [-0.05, 0) is 62.6 Å². The van der Waals surface area contributed by atoms with Gasteiger partial charge in [0, 0.05) is 5.69 Å². The fraction of sp³-hybridized carbons (Fsp3) is 0.409. The van der Waals surface area contributed by atoms with Gasteiger partial charge in [-0.3, -0.25) is 9.59 Å². The summed E-state index contributed by atoms with van der Waals surface area (Å²) in [6.45, 7) is 3.28. The largest absolute Gasteiger partial charge is 0.464 e. The molecule has 2 bridgehead atoms. The second-order valence-electron chi connectivity index (χ2n) is 7.84. The van der Waals surface area contributed by atoms with Gasteiger partial charge < -0.3 is 21.1 Å². The Morgan fingerprint density at radius 2 is 1.62 bits per heavy atom. The van der Waals surface area contributed by atoms with Crippen molar-refractivity contribution in [2.45, 2.75) is 44.9 Å². The molecule has 0 aromatic heterocycles. The second-order valence-corrected chi connectivity index (χ2v) is 7.84. The second kappa shape index (κ2) is 7.73. The van der Waals surface area contributed by atoms with Crippen molar-refractivity contribution in [1.82, 2.24) is 10.6 Å². The number of rotatable bonds is 6. The average Bonchev–Trinajstić information content (AvgIpc) is 3.28. The summed E-state index contributed by atoms with van der Waals surface area (Å²) in [6, 6.07) is 7.87. The van der Waals surface area contributed by atoms with Crippen LogP contribution in [0.3, 0.4) is 0 Å². The van der Waals surface area contributed by atoms with Crippen LogP contribution in [0, 0.1) is 5.41 Å². The molecule has 1 aromatic carbocycles. The number of ether oxygens (including phenoxy) is 1. The minimum atomic E-state index is -0.649. The van der Waals surface area contributed by atoms with E-state index in [1.807, 2.05) is 24.3 Å². The van der Waals surface area contributed by atoms with E-state index in [1.54, 1.807) is 13.8 Å². The van der Waals surface area contributed by atoms with E-state index in [2.05, 4.69) is 15.4 Å². The summed E-state index contributed by atoms with van der Waals surface area (Å²) in [7, 11) is 1.24. The number of amides is 2. The SMILES string of the molecule is C/C=C(\NC(=O)C12CCC(c3ccc(N)cc3)(C1)C2)C(=O)N/C(=C/C)C(=O)OC. The molecule has 154 valence electrons. The van der Waals surface area contributed by atoms with E-state index < -0.39 is 17.3 Å². The number of carbonyl (C=O) groups is 3. The van der Waals surface area contributed by atoms with Gasteiger partial charge in [-0.2, -0.15) is 0 Å². The van der Waals surface area contributed by atoms with Gasteiger partial charge in [0.05, 0.1) is 12.5 Å². The zero-order valence-electron chi connectivity index (χ0n) is 17.0. The van der Waals surface area contributed by atoms with Crippen molar-refractivity contribution in [1.29, 1.82) is 0 Å². The molecule has 7 heteroatoms. The molecule has 0 aliphatic heterocycles. The Morgan fingerprint density at radius 1 is 1.00 bits per heavy atom. The summed E-state index contributed by atoms with van der Waals surface area (Å²) in [5, 5.41) is 5.24. The molecule has 7 nitrogen and oxygen atoms in total. The highest BCUT2D eigenvalue weighted by molar-refractivity contribution is 6.03. The molecule has 29 heavy (non-hydrogen) atoms. The molecule has 0 spiro atoms. The number of nitrogen functional groups attached to an aromatic ring is 1. The predicted octanol–water partition coefficient (Wildman–Crippen LogP) is 2.29. The van der Waals surface area contributed by atoms with Crippen molar-refractivity contribution in [3.8, 4) is 0 Å².